The number of esters is 1. The summed E-state index contributed by atoms with van der Waals surface area (Å²) in [5.41, 5.74) is 5.93. The molecule has 1 amide bonds. The zero-order valence-corrected chi connectivity index (χ0v) is 11.7. The highest BCUT2D eigenvalue weighted by atomic mass is 16.5. The number of nitrogens with two attached hydrogens (primary N) is 1. The number of carbonyl (C=O) groups excluding carboxylic acids is 2. The molecule has 2 rings (SSSR count). The molecule has 0 spiro atoms. The summed E-state index contributed by atoms with van der Waals surface area (Å²) in [6, 6.07) is 8.00. The van der Waals surface area contributed by atoms with Crippen molar-refractivity contribution in [2.24, 2.45) is 5.73 Å². The number of primary amides is 1. The zero-order chi connectivity index (χ0) is 15.4. The van der Waals surface area contributed by atoms with Gasteiger partial charge in [0.15, 0.2) is 0 Å². The van der Waals surface area contributed by atoms with Crippen LogP contribution in [0.2, 0.25) is 0 Å². The fourth-order valence-corrected chi connectivity index (χ4v) is 1.80. The van der Waals surface area contributed by atoms with Gasteiger partial charge in [-0.05, 0) is 37.3 Å². The van der Waals surface area contributed by atoms with Gasteiger partial charge >= 0.3 is 5.97 Å². The minimum Gasteiger partial charge on any atom is -0.486 e. The number of rotatable bonds is 5. The first-order valence-corrected chi connectivity index (χ1v) is 6.21. The van der Waals surface area contributed by atoms with E-state index in [9.17, 15) is 9.59 Å². The highest BCUT2D eigenvalue weighted by Gasteiger charge is 2.15. The summed E-state index contributed by atoms with van der Waals surface area (Å²) < 4.78 is 15.6. The van der Waals surface area contributed by atoms with Crippen LogP contribution < -0.4 is 10.5 Å². The molecule has 2 aromatic rings. The molecule has 6 heteroatoms. The van der Waals surface area contributed by atoms with E-state index in [0.717, 1.165) is 0 Å². The maximum absolute atomic E-state index is 11.5. The lowest BCUT2D eigenvalue weighted by atomic mass is 10.2. The number of aryl methyl sites for hydroxylation is 1. The third-order valence-electron chi connectivity index (χ3n) is 2.89. The van der Waals surface area contributed by atoms with E-state index in [-0.39, 0.29) is 6.61 Å². The topological polar surface area (TPSA) is 91.8 Å². The van der Waals surface area contributed by atoms with Gasteiger partial charge in [-0.15, -0.1) is 0 Å². The van der Waals surface area contributed by atoms with Gasteiger partial charge in [0, 0.05) is 5.56 Å². The van der Waals surface area contributed by atoms with E-state index >= 15 is 0 Å². The van der Waals surface area contributed by atoms with Gasteiger partial charge in [-0.1, -0.05) is 0 Å². The minimum atomic E-state index is -0.495. The number of hydrogen-bond donors (Lipinski definition) is 1. The molecule has 2 N–H and O–H groups in total. The van der Waals surface area contributed by atoms with Gasteiger partial charge in [0.05, 0.1) is 7.11 Å². The Morgan fingerprint density at radius 1 is 1.24 bits per heavy atom. The fourth-order valence-electron chi connectivity index (χ4n) is 1.80. The van der Waals surface area contributed by atoms with Crippen molar-refractivity contribution in [3.63, 3.8) is 0 Å². The Hall–Kier alpha value is -2.76. The first kappa shape index (κ1) is 14.6. The average Bonchev–Trinajstić information content (AvgIpc) is 2.86. The van der Waals surface area contributed by atoms with Crippen molar-refractivity contribution in [2.45, 2.75) is 13.5 Å². The molecular formula is C15H15NO5. The molecule has 0 atom stereocenters. The van der Waals surface area contributed by atoms with Crippen LogP contribution in [0.5, 0.6) is 5.75 Å². The molecule has 0 aliphatic heterocycles. The smallest absolute Gasteiger partial charge is 0.341 e. The molecule has 21 heavy (non-hydrogen) atoms. The zero-order valence-electron chi connectivity index (χ0n) is 11.7. The fraction of sp³-hybridized carbons (Fsp3) is 0.200. The Morgan fingerprint density at radius 2 is 1.90 bits per heavy atom. The number of carbonyl (C=O) groups is 2. The summed E-state index contributed by atoms with van der Waals surface area (Å²) in [6.07, 6.45) is 0. The van der Waals surface area contributed by atoms with Crippen molar-refractivity contribution in [3.8, 4) is 5.75 Å². The van der Waals surface area contributed by atoms with Crippen LogP contribution in [0.3, 0.4) is 0 Å². The molecule has 0 aliphatic rings. The average molecular weight is 289 g/mol. The second-order valence-corrected chi connectivity index (χ2v) is 4.35. The Balaban J connectivity index is 2.03. The maximum atomic E-state index is 11.5. The standard InChI is InChI=1S/C15H15NO5/c1-9-13(15(18)19-2)7-12(21-9)8-20-11-5-3-10(4-6-11)14(16)17/h3-7H,8H2,1-2H3,(H2,16,17). The predicted octanol–water partition coefficient (Wildman–Crippen LogP) is 2.05. The van der Waals surface area contributed by atoms with Gasteiger partial charge in [-0.25, -0.2) is 4.79 Å². The molecule has 1 aromatic carbocycles. The molecule has 0 aliphatic carbocycles. The molecule has 0 radical (unpaired) electrons. The number of furan rings is 1. The van der Waals surface area contributed by atoms with E-state index < -0.39 is 11.9 Å². The quantitative estimate of drug-likeness (QED) is 0.850. The van der Waals surface area contributed by atoms with Crippen molar-refractivity contribution < 1.29 is 23.5 Å². The van der Waals surface area contributed by atoms with Gasteiger partial charge < -0.3 is 19.6 Å². The first-order chi connectivity index (χ1) is 10.0. The molecule has 1 heterocycles. The number of amides is 1. The van der Waals surface area contributed by atoms with Crippen LogP contribution >= 0.6 is 0 Å². The van der Waals surface area contributed by atoms with Crippen LogP contribution in [0.15, 0.2) is 34.7 Å². The third kappa shape index (κ3) is 3.42. The van der Waals surface area contributed by atoms with E-state index in [2.05, 4.69) is 4.74 Å². The first-order valence-electron chi connectivity index (χ1n) is 6.21. The molecule has 1 aromatic heterocycles. The van der Waals surface area contributed by atoms with E-state index in [1.54, 1.807) is 37.3 Å². The predicted molar refractivity (Wildman–Crippen MR) is 74.1 cm³/mol. The van der Waals surface area contributed by atoms with Crippen LogP contribution in [0.1, 0.15) is 32.2 Å². The second kappa shape index (κ2) is 6.13. The van der Waals surface area contributed by atoms with Crippen LogP contribution in [0.25, 0.3) is 0 Å². The van der Waals surface area contributed by atoms with Crippen molar-refractivity contribution in [1.29, 1.82) is 0 Å². The molecule has 6 nitrogen and oxygen atoms in total. The van der Waals surface area contributed by atoms with Crippen molar-refractivity contribution in [3.05, 3.63) is 53.0 Å². The van der Waals surface area contributed by atoms with Gasteiger partial charge in [0.2, 0.25) is 5.91 Å². The Morgan fingerprint density at radius 3 is 2.48 bits per heavy atom. The second-order valence-electron chi connectivity index (χ2n) is 4.35. The number of ether oxygens (including phenoxy) is 2. The molecule has 110 valence electrons. The lowest BCUT2D eigenvalue weighted by Gasteiger charge is -2.04. The summed E-state index contributed by atoms with van der Waals surface area (Å²) in [6.45, 7) is 1.84. The monoisotopic (exact) mass is 289 g/mol. The SMILES string of the molecule is COC(=O)c1cc(COc2ccc(C(N)=O)cc2)oc1C. The van der Waals surface area contributed by atoms with E-state index in [4.69, 9.17) is 14.9 Å². The number of hydrogen-bond acceptors (Lipinski definition) is 5. The van der Waals surface area contributed by atoms with Gasteiger partial charge in [0.1, 0.15) is 29.4 Å². The van der Waals surface area contributed by atoms with Gasteiger partial charge in [0.25, 0.3) is 0 Å². The van der Waals surface area contributed by atoms with Gasteiger partial charge in [-0.2, -0.15) is 0 Å². The van der Waals surface area contributed by atoms with Crippen LogP contribution in [-0.2, 0) is 11.3 Å². The highest BCUT2D eigenvalue weighted by molar-refractivity contribution is 5.92. The van der Waals surface area contributed by atoms with Crippen LogP contribution in [0, 0.1) is 6.92 Å². The third-order valence-corrected chi connectivity index (χ3v) is 2.89. The van der Waals surface area contributed by atoms with Crippen molar-refractivity contribution in [2.75, 3.05) is 7.11 Å². The Bertz CT molecular complexity index is 657. The van der Waals surface area contributed by atoms with Crippen LogP contribution in [0.4, 0.5) is 0 Å². The van der Waals surface area contributed by atoms with E-state index in [1.807, 2.05) is 0 Å². The van der Waals surface area contributed by atoms with Crippen molar-refractivity contribution >= 4 is 11.9 Å². The number of methoxy groups -OCH3 is 1. The molecule has 0 saturated carbocycles. The summed E-state index contributed by atoms with van der Waals surface area (Å²) in [5.74, 6) is 0.601. The lowest BCUT2D eigenvalue weighted by Crippen LogP contribution is -2.10. The summed E-state index contributed by atoms with van der Waals surface area (Å²) in [4.78, 5) is 22.4. The molecule has 0 fully saturated rings. The number of benzene rings is 1. The molecule has 0 saturated heterocycles. The largest absolute Gasteiger partial charge is 0.486 e. The Labute approximate surface area is 121 Å². The van der Waals surface area contributed by atoms with Crippen LogP contribution in [-0.4, -0.2) is 19.0 Å². The molecular weight excluding hydrogens is 274 g/mol. The normalized spacial score (nSPS) is 10.2. The summed E-state index contributed by atoms with van der Waals surface area (Å²) in [5, 5.41) is 0. The van der Waals surface area contributed by atoms with E-state index in [1.165, 1.54) is 7.11 Å². The summed E-state index contributed by atoms with van der Waals surface area (Å²) in [7, 11) is 1.31. The minimum absolute atomic E-state index is 0.160. The maximum Gasteiger partial charge on any atom is 0.341 e. The summed E-state index contributed by atoms with van der Waals surface area (Å²) >= 11 is 0. The molecule has 0 unspecified atom stereocenters. The van der Waals surface area contributed by atoms with Gasteiger partial charge in [-0.3, -0.25) is 4.79 Å². The lowest BCUT2D eigenvalue weighted by molar-refractivity contribution is 0.0598. The molecule has 0 bridgehead atoms. The Kier molecular flexibility index (Phi) is 4.27. The van der Waals surface area contributed by atoms with Crippen molar-refractivity contribution in [1.82, 2.24) is 0 Å². The van der Waals surface area contributed by atoms with E-state index in [0.29, 0.717) is 28.4 Å². The highest BCUT2D eigenvalue weighted by Crippen LogP contribution is 2.18.